The number of benzene rings is 1. The largest absolute Gasteiger partial charge is 0.316 e. The summed E-state index contributed by atoms with van der Waals surface area (Å²) >= 11 is 0. The van der Waals surface area contributed by atoms with Crippen LogP contribution in [0.15, 0.2) is 18.2 Å². The lowest BCUT2D eigenvalue weighted by molar-refractivity contribution is 0.440. The van der Waals surface area contributed by atoms with E-state index in [0.717, 1.165) is 31.0 Å². The summed E-state index contributed by atoms with van der Waals surface area (Å²) in [7, 11) is 0. The van der Waals surface area contributed by atoms with Gasteiger partial charge in [-0.1, -0.05) is 17.7 Å². The molecule has 1 aromatic heterocycles. The third-order valence-electron chi connectivity index (χ3n) is 3.74. The molecule has 1 fully saturated rings. The van der Waals surface area contributed by atoms with Crippen molar-refractivity contribution < 1.29 is 0 Å². The number of piperidine rings is 1. The molecular weight excluding hydrogens is 238 g/mol. The Morgan fingerprint density at radius 3 is 2.95 bits per heavy atom. The number of rotatable bonds is 2. The van der Waals surface area contributed by atoms with E-state index >= 15 is 0 Å². The van der Waals surface area contributed by atoms with Gasteiger partial charge in [0.15, 0.2) is 5.82 Å². The van der Waals surface area contributed by atoms with Crippen molar-refractivity contribution in [3.63, 3.8) is 0 Å². The monoisotopic (exact) mass is 257 g/mol. The maximum absolute atomic E-state index is 4.24. The second kappa shape index (κ2) is 5.09. The summed E-state index contributed by atoms with van der Waals surface area (Å²) in [6, 6.07) is 6.37. The standard InChI is InChI=1S/C14H19N5/c1-10-5-6-13(11(2)8-10)19-14(16-17-18-19)12-4-3-7-15-9-12/h5-6,8,12,15H,3-4,7,9H2,1-2H3. The molecule has 1 aromatic carbocycles. The van der Waals surface area contributed by atoms with Gasteiger partial charge >= 0.3 is 0 Å². The van der Waals surface area contributed by atoms with Gasteiger partial charge in [0.1, 0.15) is 0 Å². The van der Waals surface area contributed by atoms with Gasteiger partial charge in [-0.2, -0.15) is 4.68 Å². The maximum atomic E-state index is 4.24. The smallest absolute Gasteiger partial charge is 0.161 e. The van der Waals surface area contributed by atoms with E-state index < -0.39 is 0 Å². The highest BCUT2D eigenvalue weighted by Crippen LogP contribution is 2.24. The van der Waals surface area contributed by atoms with Gasteiger partial charge in [-0.15, -0.1) is 5.10 Å². The molecule has 5 heteroatoms. The average molecular weight is 257 g/mol. The number of hydrogen-bond donors (Lipinski definition) is 1. The molecule has 100 valence electrons. The lowest BCUT2D eigenvalue weighted by Gasteiger charge is -2.22. The molecule has 19 heavy (non-hydrogen) atoms. The Morgan fingerprint density at radius 2 is 2.21 bits per heavy atom. The van der Waals surface area contributed by atoms with E-state index in [1.165, 1.54) is 17.5 Å². The lowest BCUT2D eigenvalue weighted by atomic mass is 9.98. The Labute approximate surface area is 113 Å². The zero-order chi connectivity index (χ0) is 13.2. The third kappa shape index (κ3) is 2.38. The van der Waals surface area contributed by atoms with Gasteiger partial charge in [-0.05, 0) is 55.3 Å². The van der Waals surface area contributed by atoms with Crippen LogP contribution in [0.25, 0.3) is 5.69 Å². The molecule has 0 spiro atoms. The number of aromatic nitrogens is 4. The van der Waals surface area contributed by atoms with Crippen molar-refractivity contribution in [3.8, 4) is 5.69 Å². The molecule has 1 aliphatic rings. The van der Waals surface area contributed by atoms with Crippen LogP contribution in [-0.2, 0) is 0 Å². The number of aryl methyl sites for hydroxylation is 2. The molecule has 2 heterocycles. The maximum Gasteiger partial charge on any atom is 0.161 e. The molecule has 2 aromatic rings. The van der Waals surface area contributed by atoms with Crippen molar-refractivity contribution in [3.05, 3.63) is 35.2 Å². The van der Waals surface area contributed by atoms with E-state index in [-0.39, 0.29) is 0 Å². The van der Waals surface area contributed by atoms with Crippen molar-refractivity contribution in [2.24, 2.45) is 0 Å². The van der Waals surface area contributed by atoms with Crippen molar-refractivity contribution >= 4 is 0 Å². The van der Waals surface area contributed by atoms with Crippen molar-refractivity contribution in [2.45, 2.75) is 32.6 Å². The first-order valence-electron chi connectivity index (χ1n) is 6.82. The molecule has 0 bridgehead atoms. The van der Waals surface area contributed by atoms with Gasteiger partial charge in [-0.25, -0.2) is 0 Å². The summed E-state index contributed by atoms with van der Waals surface area (Å²) < 4.78 is 1.90. The van der Waals surface area contributed by atoms with Crippen LogP contribution in [0.5, 0.6) is 0 Å². The second-order valence-corrected chi connectivity index (χ2v) is 5.28. The molecule has 1 saturated heterocycles. The van der Waals surface area contributed by atoms with Gasteiger partial charge in [0.2, 0.25) is 0 Å². The molecule has 1 atom stereocenters. The minimum absolute atomic E-state index is 0.407. The highest BCUT2D eigenvalue weighted by Gasteiger charge is 2.22. The van der Waals surface area contributed by atoms with Crippen molar-refractivity contribution in [1.29, 1.82) is 0 Å². The predicted molar refractivity (Wildman–Crippen MR) is 73.5 cm³/mol. The molecule has 0 saturated carbocycles. The van der Waals surface area contributed by atoms with E-state index in [2.05, 4.69) is 52.9 Å². The van der Waals surface area contributed by atoms with Crippen LogP contribution in [0.1, 0.15) is 35.7 Å². The SMILES string of the molecule is Cc1ccc(-n2nnnc2C2CCCNC2)c(C)c1. The van der Waals surface area contributed by atoms with Gasteiger partial charge < -0.3 is 5.32 Å². The summed E-state index contributed by atoms with van der Waals surface area (Å²) in [5.41, 5.74) is 3.55. The zero-order valence-corrected chi connectivity index (χ0v) is 11.4. The minimum atomic E-state index is 0.407. The molecule has 0 amide bonds. The molecule has 1 aliphatic heterocycles. The minimum Gasteiger partial charge on any atom is -0.316 e. The Hall–Kier alpha value is -1.75. The number of hydrogen-bond acceptors (Lipinski definition) is 4. The molecule has 0 aliphatic carbocycles. The summed E-state index contributed by atoms with van der Waals surface area (Å²) in [6.07, 6.45) is 2.34. The zero-order valence-electron chi connectivity index (χ0n) is 11.4. The van der Waals surface area contributed by atoms with Crippen LogP contribution in [-0.4, -0.2) is 33.3 Å². The van der Waals surface area contributed by atoms with Crippen LogP contribution < -0.4 is 5.32 Å². The number of nitrogens with zero attached hydrogens (tertiary/aromatic N) is 4. The van der Waals surface area contributed by atoms with Crippen LogP contribution >= 0.6 is 0 Å². The molecule has 0 radical (unpaired) electrons. The summed E-state index contributed by atoms with van der Waals surface area (Å²) in [6.45, 7) is 6.27. The Balaban J connectivity index is 1.99. The van der Waals surface area contributed by atoms with Crippen molar-refractivity contribution in [1.82, 2.24) is 25.5 Å². The molecule has 3 rings (SSSR count). The van der Waals surface area contributed by atoms with E-state index in [4.69, 9.17) is 0 Å². The Kier molecular flexibility index (Phi) is 3.29. The van der Waals surface area contributed by atoms with Gasteiger partial charge in [0.25, 0.3) is 0 Å². The van der Waals surface area contributed by atoms with E-state index in [1.54, 1.807) is 0 Å². The van der Waals surface area contributed by atoms with Gasteiger partial charge in [0, 0.05) is 12.5 Å². The first kappa shape index (κ1) is 12.3. The first-order chi connectivity index (χ1) is 9.25. The van der Waals surface area contributed by atoms with E-state index in [0.29, 0.717) is 5.92 Å². The van der Waals surface area contributed by atoms with Crippen LogP contribution in [0.2, 0.25) is 0 Å². The molecule has 1 N–H and O–H groups in total. The summed E-state index contributed by atoms with van der Waals surface area (Å²) in [4.78, 5) is 0. The topological polar surface area (TPSA) is 55.6 Å². The quantitative estimate of drug-likeness (QED) is 0.890. The molecule has 1 unspecified atom stereocenters. The average Bonchev–Trinajstić information content (AvgIpc) is 2.89. The number of nitrogens with one attached hydrogen (secondary N) is 1. The fourth-order valence-corrected chi connectivity index (χ4v) is 2.74. The Morgan fingerprint density at radius 1 is 1.32 bits per heavy atom. The second-order valence-electron chi connectivity index (χ2n) is 5.28. The van der Waals surface area contributed by atoms with Gasteiger partial charge in [0.05, 0.1) is 5.69 Å². The molecular formula is C14H19N5. The first-order valence-corrected chi connectivity index (χ1v) is 6.82. The van der Waals surface area contributed by atoms with Crippen LogP contribution in [0.3, 0.4) is 0 Å². The van der Waals surface area contributed by atoms with Gasteiger partial charge in [-0.3, -0.25) is 0 Å². The normalized spacial score (nSPS) is 19.6. The van der Waals surface area contributed by atoms with Crippen LogP contribution in [0, 0.1) is 13.8 Å². The lowest BCUT2D eigenvalue weighted by Crippen LogP contribution is -2.30. The number of tetrazole rings is 1. The predicted octanol–water partition coefficient (Wildman–Crippen LogP) is 1.75. The fraction of sp³-hybridized carbons (Fsp3) is 0.500. The third-order valence-corrected chi connectivity index (χ3v) is 3.74. The van der Waals surface area contributed by atoms with E-state index in [9.17, 15) is 0 Å². The van der Waals surface area contributed by atoms with Crippen LogP contribution in [0.4, 0.5) is 0 Å². The molecule has 5 nitrogen and oxygen atoms in total. The fourth-order valence-electron chi connectivity index (χ4n) is 2.74. The Bertz CT molecular complexity index is 569. The highest BCUT2D eigenvalue weighted by atomic mass is 15.5. The van der Waals surface area contributed by atoms with Crippen molar-refractivity contribution in [2.75, 3.05) is 13.1 Å². The summed E-state index contributed by atoms with van der Waals surface area (Å²) in [5, 5.41) is 15.7. The van der Waals surface area contributed by atoms with E-state index in [1.807, 2.05) is 4.68 Å². The summed E-state index contributed by atoms with van der Waals surface area (Å²) in [5.74, 6) is 1.38. The highest BCUT2D eigenvalue weighted by molar-refractivity contribution is 5.42.